The van der Waals surface area contributed by atoms with E-state index in [2.05, 4.69) is 11.8 Å². The van der Waals surface area contributed by atoms with Crippen LogP contribution in [0.2, 0.25) is 0 Å². The Hall–Kier alpha value is -0.980. The molecule has 0 radical (unpaired) electrons. The van der Waals surface area contributed by atoms with Gasteiger partial charge in [0.25, 0.3) is 0 Å². The first-order valence-corrected chi connectivity index (χ1v) is 9.90. The van der Waals surface area contributed by atoms with Crippen molar-refractivity contribution < 1.29 is 12.8 Å². The molecule has 23 heavy (non-hydrogen) atoms. The summed E-state index contributed by atoms with van der Waals surface area (Å²) in [6, 6.07) is 5.70. The Morgan fingerprint density at radius 1 is 1.04 bits per heavy atom. The van der Waals surface area contributed by atoms with E-state index >= 15 is 0 Å². The fraction of sp³-hybridized carbons (Fsp3) is 0.647. The van der Waals surface area contributed by atoms with Crippen LogP contribution in [-0.4, -0.2) is 49.8 Å². The van der Waals surface area contributed by atoms with E-state index in [0.29, 0.717) is 19.1 Å². The third-order valence-corrected chi connectivity index (χ3v) is 7.06. The van der Waals surface area contributed by atoms with Gasteiger partial charge in [0.05, 0.1) is 4.90 Å². The molecule has 1 saturated heterocycles. The first-order valence-electron chi connectivity index (χ1n) is 8.46. The highest BCUT2D eigenvalue weighted by atomic mass is 32.2. The standard InChI is InChI=1S/C17H25FN2O2S/c1-14-3-2-4-16(13-14)19-9-11-20(12-10-19)23(21,22)17-7-5-15(18)6-8-17/h5-8,14,16H,2-4,9-13H2,1H3/t14-,16-/m1/s1. The molecule has 2 atom stereocenters. The van der Waals surface area contributed by atoms with Gasteiger partial charge in [-0.1, -0.05) is 19.8 Å². The van der Waals surface area contributed by atoms with Gasteiger partial charge >= 0.3 is 0 Å². The second kappa shape index (κ2) is 6.87. The summed E-state index contributed by atoms with van der Waals surface area (Å²) in [5.41, 5.74) is 0. The molecule has 1 aliphatic heterocycles. The van der Waals surface area contributed by atoms with E-state index < -0.39 is 15.8 Å². The molecule has 0 spiro atoms. The van der Waals surface area contributed by atoms with Crippen molar-refractivity contribution in [2.45, 2.75) is 43.5 Å². The minimum atomic E-state index is -3.50. The lowest BCUT2D eigenvalue weighted by Gasteiger charge is -2.41. The number of sulfonamides is 1. The van der Waals surface area contributed by atoms with E-state index in [1.54, 1.807) is 0 Å². The zero-order valence-electron chi connectivity index (χ0n) is 13.6. The van der Waals surface area contributed by atoms with Crippen molar-refractivity contribution in [3.63, 3.8) is 0 Å². The van der Waals surface area contributed by atoms with Crippen LogP contribution in [0, 0.1) is 11.7 Å². The van der Waals surface area contributed by atoms with Crippen LogP contribution in [0.5, 0.6) is 0 Å². The fourth-order valence-electron chi connectivity index (χ4n) is 3.80. The number of halogens is 1. The maximum Gasteiger partial charge on any atom is 0.243 e. The SMILES string of the molecule is C[C@@H]1CCC[C@@H](N2CCN(S(=O)(=O)c3ccc(F)cc3)CC2)C1. The van der Waals surface area contributed by atoms with E-state index in [4.69, 9.17) is 0 Å². The third-order valence-electron chi connectivity index (χ3n) is 5.15. The number of hydrogen-bond acceptors (Lipinski definition) is 3. The smallest absolute Gasteiger partial charge is 0.243 e. The zero-order valence-corrected chi connectivity index (χ0v) is 14.4. The van der Waals surface area contributed by atoms with Crippen molar-refractivity contribution in [1.82, 2.24) is 9.21 Å². The van der Waals surface area contributed by atoms with Crippen molar-refractivity contribution in [3.05, 3.63) is 30.1 Å². The molecule has 3 rings (SSSR count). The highest BCUT2D eigenvalue weighted by Crippen LogP contribution is 2.28. The summed E-state index contributed by atoms with van der Waals surface area (Å²) >= 11 is 0. The van der Waals surface area contributed by atoms with Gasteiger partial charge in [0.15, 0.2) is 0 Å². The van der Waals surface area contributed by atoms with Crippen LogP contribution < -0.4 is 0 Å². The molecule has 128 valence electrons. The lowest BCUT2D eigenvalue weighted by Crippen LogP contribution is -2.52. The molecule has 0 bridgehead atoms. The summed E-state index contributed by atoms with van der Waals surface area (Å²) in [5, 5.41) is 0. The summed E-state index contributed by atoms with van der Waals surface area (Å²) < 4.78 is 39.8. The van der Waals surface area contributed by atoms with Crippen LogP contribution in [0.3, 0.4) is 0 Å². The maximum absolute atomic E-state index is 13.0. The van der Waals surface area contributed by atoms with Gasteiger partial charge < -0.3 is 0 Å². The van der Waals surface area contributed by atoms with E-state index in [1.165, 1.54) is 54.3 Å². The Morgan fingerprint density at radius 3 is 2.30 bits per heavy atom. The summed E-state index contributed by atoms with van der Waals surface area (Å²) in [7, 11) is -3.50. The van der Waals surface area contributed by atoms with Gasteiger partial charge in [0.2, 0.25) is 10.0 Å². The van der Waals surface area contributed by atoms with Crippen molar-refractivity contribution in [1.29, 1.82) is 0 Å². The molecular weight excluding hydrogens is 315 g/mol. The van der Waals surface area contributed by atoms with Crippen LogP contribution in [-0.2, 0) is 10.0 Å². The van der Waals surface area contributed by atoms with Crippen molar-refractivity contribution in [2.24, 2.45) is 5.92 Å². The number of benzene rings is 1. The number of piperazine rings is 1. The van der Waals surface area contributed by atoms with Crippen LogP contribution in [0.25, 0.3) is 0 Å². The van der Waals surface area contributed by atoms with Crippen LogP contribution in [0.15, 0.2) is 29.2 Å². The molecule has 2 fully saturated rings. The second-order valence-electron chi connectivity index (χ2n) is 6.82. The highest BCUT2D eigenvalue weighted by Gasteiger charge is 2.32. The first kappa shape index (κ1) is 16.9. The maximum atomic E-state index is 13.0. The topological polar surface area (TPSA) is 40.6 Å². The molecular formula is C17H25FN2O2S. The van der Waals surface area contributed by atoms with E-state index in [9.17, 15) is 12.8 Å². The van der Waals surface area contributed by atoms with Gasteiger partial charge in [-0.3, -0.25) is 4.90 Å². The zero-order chi connectivity index (χ0) is 16.4. The molecule has 1 aliphatic carbocycles. The largest absolute Gasteiger partial charge is 0.298 e. The quantitative estimate of drug-likeness (QED) is 0.849. The summed E-state index contributed by atoms with van der Waals surface area (Å²) in [6.45, 7) is 4.92. The first-order chi connectivity index (χ1) is 11.0. The van der Waals surface area contributed by atoms with E-state index in [1.807, 2.05) is 0 Å². The normalized spacial score (nSPS) is 27.9. The monoisotopic (exact) mass is 340 g/mol. The molecule has 1 aromatic rings. The predicted molar refractivity (Wildman–Crippen MR) is 88.2 cm³/mol. The Morgan fingerprint density at radius 2 is 1.70 bits per heavy atom. The Bertz CT molecular complexity index is 624. The molecule has 1 heterocycles. The molecule has 0 unspecified atom stereocenters. The van der Waals surface area contributed by atoms with Gasteiger partial charge in [-0.15, -0.1) is 0 Å². The lowest BCUT2D eigenvalue weighted by molar-refractivity contribution is 0.0967. The number of nitrogens with zero attached hydrogens (tertiary/aromatic N) is 2. The molecule has 0 N–H and O–H groups in total. The summed E-state index contributed by atoms with van der Waals surface area (Å²) in [6.07, 6.45) is 5.05. The molecule has 6 heteroatoms. The second-order valence-corrected chi connectivity index (χ2v) is 8.76. The molecule has 1 aromatic carbocycles. The molecule has 4 nitrogen and oxygen atoms in total. The van der Waals surface area contributed by atoms with E-state index in [0.717, 1.165) is 19.0 Å². The number of rotatable bonds is 3. The lowest BCUT2D eigenvalue weighted by atomic mass is 9.86. The van der Waals surface area contributed by atoms with Crippen molar-refractivity contribution >= 4 is 10.0 Å². The third kappa shape index (κ3) is 3.75. The van der Waals surface area contributed by atoms with Gasteiger partial charge in [-0.25, -0.2) is 12.8 Å². The summed E-state index contributed by atoms with van der Waals surface area (Å²) in [4.78, 5) is 2.63. The molecule has 1 saturated carbocycles. The Balaban J connectivity index is 1.63. The predicted octanol–water partition coefficient (Wildman–Crippen LogP) is 2.71. The van der Waals surface area contributed by atoms with Gasteiger partial charge in [0.1, 0.15) is 5.82 Å². The fourth-order valence-corrected chi connectivity index (χ4v) is 5.22. The molecule has 0 aromatic heterocycles. The summed E-state index contributed by atoms with van der Waals surface area (Å²) in [5.74, 6) is 0.356. The van der Waals surface area contributed by atoms with Crippen LogP contribution in [0.1, 0.15) is 32.6 Å². The van der Waals surface area contributed by atoms with Crippen molar-refractivity contribution in [2.75, 3.05) is 26.2 Å². The Labute approximate surface area is 138 Å². The highest BCUT2D eigenvalue weighted by molar-refractivity contribution is 7.89. The van der Waals surface area contributed by atoms with Gasteiger partial charge in [0, 0.05) is 32.2 Å². The minimum absolute atomic E-state index is 0.179. The average Bonchev–Trinajstić information content (AvgIpc) is 2.55. The van der Waals surface area contributed by atoms with Crippen LogP contribution >= 0.6 is 0 Å². The van der Waals surface area contributed by atoms with Gasteiger partial charge in [-0.05, 0) is 43.0 Å². The molecule has 2 aliphatic rings. The van der Waals surface area contributed by atoms with Crippen molar-refractivity contribution in [3.8, 4) is 0 Å². The average molecular weight is 340 g/mol. The van der Waals surface area contributed by atoms with Gasteiger partial charge in [-0.2, -0.15) is 4.31 Å². The van der Waals surface area contributed by atoms with E-state index in [-0.39, 0.29) is 4.90 Å². The molecule has 0 amide bonds. The number of hydrogen-bond donors (Lipinski definition) is 0. The van der Waals surface area contributed by atoms with Crippen LogP contribution in [0.4, 0.5) is 4.39 Å². The minimum Gasteiger partial charge on any atom is -0.298 e. The Kier molecular flexibility index (Phi) is 5.04.